The molecule has 1 aliphatic rings. The van der Waals surface area contributed by atoms with E-state index in [2.05, 4.69) is 0 Å². The topological polar surface area (TPSA) is 69.1 Å². The summed E-state index contributed by atoms with van der Waals surface area (Å²) < 4.78 is 0. The third-order valence-electron chi connectivity index (χ3n) is 2.18. The Hall–Kier alpha value is -0.570. The number of nitrogens with two attached hydrogens (primary N) is 2. The number of hydrogen-bond acceptors (Lipinski definition) is 2. The Kier molecular flexibility index (Phi) is 2.27. The van der Waals surface area contributed by atoms with E-state index < -0.39 is 0 Å². The van der Waals surface area contributed by atoms with Crippen molar-refractivity contribution in [1.29, 1.82) is 0 Å². The Morgan fingerprint density at radius 2 is 2.20 bits per heavy atom. The lowest BCUT2D eigenvalue weighted by Crippen LogP contribution is -2.28. The lowest BCUT2D eigenvalue weighted by atomic mass is 10.0. The molecule has 1 rings (SSSR count). The molecule has 0 radical (unpaired) electrons. The molecule has 3 heteroatoms. The smallest absolute Gasteiger partial charge is 0.217 e. The van der Waals surface area contributed by atoms with Crippen LogP contribution in [-0.2, 0) is 4.79 Å². The monoisotopic (exact) mass is 142 g/mol. The molecule has 10 heavy (non-hydrogen) atoms. The summed E-state index contributed by atoms with van der Waals surface area (Å²) in [5.74, 6) is 0.139. The van der Waals surface area contributed by atoms with Crippen LogP contribution in [0, 0.1) is 5.92 Å². The van der Waals surface area contributed by atoms with Crippen LogP contribution >= 0.6 is 0 Å². The lowest BCUT2D eigenvalue weighted by Gasteiger charge is -2.11. The summed E-state index contributed by atoms with van der Waals surface area (Å²) in [7, 11) is 0. The summed E-state index contributed by atoms with van der Waals surface area (Å²) in [6, 6.07) is 0.215. The highest BCUT2D eigenvalue weighted by molar-refractivity contribution is 5.74. The van der Waals surface area contributed by atoms with Crippen molar-refractivity contribution in [3.8, 4) is 0 Å². The Morgan fingerprint density at radius 1 is 1.50 bits per heavy atom. The summed E-state index contributed by atoms with van der Waals surface area (Å²) in [5, 5.41) is 0. The maximum atomic E-state index is 10.5. The summed E-state index contributed by atoms with van der Waals surface area (Å²) in [4.78, 5) is 10.5. The van der Waals surface area contributed by atoms with Crippen molar-refractivity contribution in [3.63, 3.8) is 0 Å². The van der Waals surface area contributed by atoms with Crippen LogP contribution in [0.4, 0.5) is 0 Å². The van der Waals surface area contributed by atoms with E-state index in [1.54, 1.807) is 0 Å². The molecular formula is C7H14N2O. The summed E-state index contributed by atoms with van der Waals surface area (Å²) in [6.45, 7) is 0. The number of carbonyl (C=O) groups is 1. The zero-order valence-electron chi connectivity index (χ0n) is 6.05. The Balaban J connectivity index is 2.33. The standard InChI is InChI=1S/C7H14N2O/c8-6-3-1-2-5(6)4-7(9)10/h5-6H,1-4,8H2,(H2,9,10)/t5-,6+/m0/s1. The quantitative estimate of drug-likeness (QED) is 0.569. The molecule has 0 aromatic carbocycles. The first-order chi connectivity index (χ1) is 4.70. The molecule has 1 fully saturated rings. The number of rotatable bonds is 2. The van der Waals surface area contributed by atoms with Crippen molar-refractivity contribution >= 4 is 5.91 Å². The molecule has 3 nitrogen and oxygen atoms in total. The maximum absolute atomic E-state index is 10.5. The highest BCUT2D eigenvalue weighted by Gasteiger charge is 2.24. The first kappa shape index (κ1) is 7.54. The fourth-order valence-corrected chi connectivity index (χ4v) is 1.58. The number of amides is 1. The normalized spacial score (nSPS) is 32.5. The predicted molar refractivity (Wildman–Crippen MR) is 39.1 cm³/mol. The molecule has 1 saturated carbocycles. The fraction of sp³-hybridized carbons (Fsp3) is 0.857. The number of hydrogen-bond donors (Lipinski definition) is 2. The van der Waals surface area contributed by atoms with Crippen LogP contribution in [0.25, 0.3) is 0 Å². The third-order valence-corrected chi connectivity index (χ3v) is 2.18. The highest BCUT2D eigenvalue weighted by atomic mass is 16.1. The molecule has 58 valence electrons. The first-order valence-corrected chi connectivity index (χ1v) is 3.74. The lowest BCUT2D eigenvalue weighted by molar-refractivity contribution is -0.118. The summed E-state index contributed by atoms with van der Waals surface area (Å²) >= 11 is 0. The Bertz CT molecular complexity index is 136. The Morgan fingerprint density at radius 3 is 2.60 bits per heavy atom. The molecular weight excluding hydrogens is 128 g/mol. The van der Waals surface area contributed by atoms with E-state index >= 15 is 0 Å². The molecule has 0 unspecified atom stereocenters. The van der Waals surface area contributed by atoms with Crippen LogP contribution in [-0.4, -0.2) is 11.9 Å². The van der Waals surface area contributed by atoms with Gasteiger partial charge in [0.2, 0.25) is 5.91 Å². The van der Waals surface area contributed by atoms with Gasteiger partial charge >= 0.3 is 0 Å². The zero-order chi connectivity index (χ0) is 7.56. The summed E-state index contributed by atoms with van der Waals surface area (Å²) in [6.07, 6.45) is 3.75. The largest absolute Gasteiger partial charge is 0.370 e. The average molecular weight is 142 g/mol. The average Bonchev–Trinajstić information content (AvgIpc) is 2.15. The van der Waals surface area contributed by atoms with E-state index in [0.717, 1.165) is 19.3 Å². The van der Waals surface area contributed by atoms with Gasteiger partial charge < -0.3 is 11.5 Å². The van der Waals surface area contributed by atoms with Gasteiger partial charge in [-0.25, -0.2) is 0 Å². The number of primary amides is 1. The number of carbonyl (C=O) groups excluding carboxylic acids is 1. The summed E-state index contributed by atoms with van der Waals surface area (Å²) in [5.41, 5.74) is 10.8. The van der Waals surface area contributed by atoms with Gasteiger partial charge in [-0.15, -0.1) is 0 Å². The molecule has 0 saturated heterocycles. The van der Waals surface area contributed by atoms with Gasteiger partial charge in [-0.3, -0.25) is 4.79 Å². The molecule has 2 atom stereocenters. The van der Waals surface area contributed by atoms with Crippen molar-refractivity contribution in [1.82, 2.24) is 0 Å². The van der Waals surface area contributed by atoms with E-state index in [1.165, 1.54) is 0 Å². The predicted octanol–water partition coefficient (Wildman–Crippen LogP) is -0.0108. The van der Waals surface area contributed by atoms with E-state index in [9.17, 15) is 4.79 Å². The van der Waals surface area contributed by atoms with Crippen molar-refractivity contribution in [3.05, 3.63) is 0 Å². The van der Waals surface area contributed by atoms with Gasteiger partial charge in [0.25, 0.3) is 0 Å². The van der Waals surface area contributed by atoms with Crippen molar-refractivity contribution in [2.75, 3.05) is 0 Å². The molecule has 0 bridgehead atoms. The molecule has 0 aromatic heterocycles. The van der Waals surface area contributed by atoms with E-state index in [-0.39, 0.29) is 11.9 Å². The Labute approximate surface area is 60.8 Å². The van der Waals surface area contributed by atoms with Crippen LogP contribution in [0.1, 0.15) is 25.7 Å². The molecule has 4 N–H and O–H groups in total. The van der Waals surface area contributed by atoms with E-state index in [1.807, 2.05) is 0 Å². The minimum Gasteiger partial charge on any atom is -0.370 e. The van der Waals surface area contributed by atoms with Gasteiger partial charge in [-0.1, -0.05) is 6.42 Å². The van der Waals surface area contributed by atoms with Crippen molar-refractivity contribution in [2.45, 2.75) is 31.7 Å². The van der Waals surface area contributed by atoms with Crippen LogP contribution < -0.4 is 11.5 Å². The molecule has 0 aromatic rings. The van der Waals surface area contributed by atoms with Crippen LogP contribution in [0.15, 0.2) is 0 Å². The molecule has 1 aliphatic carbocycles. The van der Waals surface area contributed by atoms with Crippen molar-refractivity contribution in [2.24, 2.45) is 17.4 Å². The zero-order valence-corrected chi connectivity index (χ0v) is 6.05. The van der Waals surface area contributed by atoms with E-state index in [4.69, 9.17) is 11.5 Å². The van der Waals surface area contributed by atoms with Gasteiger partial charge in [0, 0.05) is 12.5 Å². The molecule has 1 amide bonds. The van der Waals surface area contributed by atoms with Crippen molar-refractivity contribution < 1.29 is 4.79 Å². The van der Waals surface area contributed by atoms with E-state index in [0.29, 0.717) is 12.3 Å². The second kappa shape index (κ2) is 3.01. The SMILES string of the molecule is NC(=O)C[C@@H]1CCC[C@H]1N. The maximum Gasteiger partial charge on any atom is 0.217 e. The van der Waals surface area contributed by atoms with Crippen LogP contribution in [0.3, 0.4) is 0 Å². The molecule has 0 aliphatic heterocycles. The first-order valence-electron chi connectivity index (χ1n) is 3.74. The minimum absolute atomic E-state index is 0.215. The van der Waals surface area contributed by atoms with Gasteiger partial charge in [-0.2, -0.15) is 0 Å². The van der Waals surface area contributed by atoms with Crippen LogP contribution in [0.2, 0.25) is 0 Å². The minimum atomic E-state index is -0.220. The second-order valence-electron chi connectivity index (χ2n) is 3.03. The molecule has 0 spiro atoms. The van der Waals surface area contributed by atoms with Gasteiger partial charge in [-0.05, 0) is 18.8 Å². The molecule has 0 heterocycles. The third kappa shape index (κ3) is 1.70. The van der Waals surface area contributed by atoms with Gasteiger partial charge in [0.1, 0.15) is 0 Å². The fourth-order valence-electron chi connectivity index (χ4n) is 1.58. The van der Waals surface area contributed by atoms with Gasteiger partial charge in [0.15, 0.2) is 0 Å². The highest BCUT2D eigenvalue weighted by Crippen LogP contribution is 2.26. The van der Waals surface area contributed by atoms with Gasteiger partial charge in [0.05, 0.1) is 0 Å². The van der Waals surface area contributed by atoms with Crippen LogP contribution in [0.5, 0.6) is 0 Å². The second-order valence-corrected chi connectivity index (χ2v) is 3.03.